The van der Waals surface area contributed by atoms with Crippen LogP contribution in [-0.4, -0.2) is 55.2 Å². The summed E-state index contributed by atoms with van der Waals surface area (Å²) in [6.45, 7) is 0.903. The van der Waals surface area contributed by atoms with Gasteiger partial charge in [0.1, 0.15) is 17.3 Å². The Kier molecular flexibility index (Phi) is 5.95. The molecule has 0 spiro atoms. The fraction of sp³-hybridized carbons (Fsp3) is 0.333. The maximum Gasteiger partial charge on any atom is 0.295 e. The number of amides is 1. The largest absolute Gasteiger partial charge is 0.507 e. The second kappa shape index (κ2) is 8.81. The van der Waals surface area contributed by atoms with E-state index in [0.717, 1.165) is 12.8 Å². The number of rotatable bonds is 6. The van der Waals surface area contributed by atoms with Gasteiger partial charge in [0.15, 0.2) is 0 Å². The minimum atomic E-state index is -0.786. The predicted octanol–water partition coefficient (Wildman–Crippen LogP) is 3.30. The first-order chi connectivity index (χ1) is 15.0. The number of carbonyl (C=O) groups is 2. The number of aliphatic hydroxyl groups is 1. The molecule has 1 amide bonds. The summed E-state index contributed by atoms with van der Waals surface area (Å²) in [6.07, 6.45) is 1.59. The highest BCUT2D eigenvalue weighted by molar-refractivity contribution is 6.46. The zero-order valence-electron chi connectivity index (χ0n) is 17.5. The van der Waals surface area contributed by atoms with Gasteiger partial charge < -0.3 is 24.2 Å². The normalized spacial score (nSPS) is 22.7. The molecular formula is C24H25NO6. The number of ether oxygens (including phenoxy) is 3. The molecular weight excluding hydrogens is 398 g/mol. The SMILES string of the molecule is COc1cccc(/C(O)=C2/C(=O)C(=O)N(CC3CCCO3)C2c2ccccc2OC)c1. The molecule has 7 heteroatoms. The molecule has 2 aromatic carbocycles. The highest BCUT2D eigenvalue weighted by atomic mass is 16.5. The molecule has 31 heavy (non-hydrogen) atoms. The second-order valence-corrected chi connectivity index (χ2v) is 7.56. The molecule has 0 radical (unpaired) electrons. The van der Waals surface area contributed by atoms with Crippen LogP contribution in [-0.2, 0) is 14.3 Å². The van der Waals surface area contributed by atoms with Crippen LogP contribution in [0.5, 0.6) is 11.5 Å². The summed E-state index contributed by atoms with van der Waals surface area (Å²) in [5, 5.41) is 11.2. The number of likely N-dealkylation sites (tertiary alicyclic amines) is 1. The lowest BCUT2D eigenvalue weighted by atomic mass is 9.94. The molecule has 0 saturated carbocycles. The highest BCUT2D eigenvalue weighted by Gasteiger charge is 2.47. The quantitative estimate of drug-likeness (QED) is 0.436. The maximum atomic E-state index is 13.1. The van der Waals surface area contributed by atoms with Gasteiger partial charge >= 0.3 is 0 Å². The maximum absolute atomic E-state index is 13.1. The van der Waals surface area contributed by atoms with Gasteiger partial charge in [0.2, 0.25) is 0 Å². The number of ketones is 1. The van der Waals surface area contributed by atoms with Crippen molar-refractivity contribution in [2.24, 2.45) is 0 Å². The van der Waals surface area contributed by atoms with Crippen molar-refractivity contribution in [1.29, 1.82) is 0 Å². The highest BCUT2D eigenvalue weighted by Crippen LogP contribution is 2.43. The van der Waals surface area contributed by atoms with Crippen LogP contribution in [0.1, 0.15) is 30.0 Å². The van der Waals surface area contributed by atoms with E-state index in [0.29, 0.717) is 29.2 Å². The van der Waals surface area contributed by atoms with Crippen LogP contribution in [0.15, 0.2) is 54.1 Å². The van der Waals surface area contributed by atoms with Crippen molar-refractivity contribution in [3.8, 4) is 11.5 Å². The lowest BCUT2D eigenvalue weighted by Crippen LogP contribution is -2.36. The Morgan fingerprint density at radius 1 is 1.13 bits per heavy atom. The van der Waals surface area contributed by atoms with Crippen LogP contribution >= 0.6 is 0 Å². The lowest BCUT2D eigenvalue weighted by molar-refractivity contribution is -0.140. The smallest absolute Gasteiger partial charge is 0.295 e. The molecule has 2 aliphatic heterocycles. The van der Waals surface area contributed by atoms with Crippen LogP contribution in [0, 0.1) is 0 Å². The van der Waals surface area contributed by atoms with E-state index >= 15 is 0 Å². The van der Waals surface area contributed by atoms with E-state index in [4.69, 9.17) is 14.2 Å². The third-order valence-corrected chi connectivity index (χ3v) is 5.74. The fourth-order valence-corrected chi connectivity index (χ4v) is 4.22. The molecule has 1 N–H and O–H groups in total. The first kappa shape index (κ1) is 20.9. The van der Waals surface area contributed by atoms with Crippen molar-refractivity contribution in [3.63, 3.8) is 0 Å². The second-order valence-electron chi connectivity index (χ2n) is 7.56. The van der Waals surface area contributed by atoms with Crippen molar-refractivity contribution < 1.29 is 28.9 Å². The van der Waals surface area contributed by atoms with Crippen molar-refractivity contribution in [2.45, 2.75) is 25.0 Å². The Bertz CT molecular complexity index is 1020. The zero-order chi connectivity index (χ0) is 22.0. The van der Waals surface area contributed by atoms with E-state index in [9.17, 15) is 14.7 Å². The number of methoxy groups -OCH3 is 2. The molecule has 2 atom stereocenters. The minimum Gasteiger partial charge on any atom is -0.507 e. The summed E-state index contributed by atoms with van der Waals surface area (Å²) in [4.78, 5) is 27.7. The number of hydrogen-bond donors (Lipinski definition) is 1. The first-order valence-electron chi connectivity index (χ1n) is 10.2. The third kappa shape index (κ3) is 3.88. The van der Waals surface area contributed by atoms with Gasteiger partial charge in [-0.05, 0) is 31.0 Å². The summed E-state index contributed by atoms with van der Waals surface area (Å²) in [7, 11) is 3.06. The molecule has 0 aromatic heterocycles. The predicted molar refractivity (Wildman–Crippen MR) is 114 cm³/mol. The monoisotopic (exact) mass is 423 g/mol. The summed E-state index contributed by atoms with van der Waals surface area (Å²) in [5.41, 5.74) is 1.06. The number of para-hydroxylation sites is 1. The molecule has 0 aliphatic carbocycles. The van der Waals surface area contributed by atoms with Crippen LogP contribution in [0.4, 0.5) is 0 Å². The number of hydrogen-bond acceptors (Lipinski definition) is 6. The van der Waals surface area contributed by atoms with Crippen molar-refractivity contribution in [2.75, 3.05) is 27.4 Å². The molecule has 2 heterocycles. The van der Waals surface area contributed by atoms with E-state index in [-0.39, 0.29) is 24.0 Å². The van der Waals surface area contributed by atoms with E-state index < -0.39 is 17.7 Å². The molecule has 2 fully saturated rings. The summed E-state index contributed by atoms with van der Waals surface area (Å²) in [5.74, 6) is -0.567. The van der Waals surface area contributed by atoms with Crippen LogP contribution in [0.3, 0.4) is 0 Å². The van der Waals surface area contributed by atoms with Gasteiger partial charge in [0, 0.05) is 24.3 Å². The zero-order valence-corrected chi connectivity index (χ0v) is 17.5. The third-order valence-electron chi connectivity index (χ3n) is 5.74. The molecule has 2 unspecified atom stereocenters. The molecule has 7 nitrogen and oxygen atoms in total. The standard InChI is InChI=1S/C24H25NO6/c1-29-16-8-5-7-15(13-16)22(26)20-21(18-10-3-4-11-19(18)30-2)25(24(28)23(20)27)14-17-9-6-12-31-17/h3-5,7-8,10-11,13,17,21,26H,6,9,12,14H2,1-2H3/b22-20-. The Labute approximate surface area is 180 Å². The average Bonchev–Trinajstić information content (AvgIpc) is 3.41. The number of Topliss-reactive ketones (excluding diaryl/α,β-unsaturated/α-hetero) is 1. The van der Waals surface area contributed by atoms with Crippen molar-refractivity contribution in [3.05, 3.63) is 65.2 Å². The van der Waals surface area contributed by atoms with Gasteiger partial charge in [-0.3, -0.25) is 9.59 Å². The topological polar surface area (TPSA) is 85.3 Å². The number of nitrogens with zero attached hydrogens (tertiary/aromatic N) is 1. The number of benzene rings is 2. The van der Waals surface area contributed by atoms with Crippen LogP contribution < -0.4 is 9.47 Å². The van der Waals surface area contributed by atoms with Gasteiger partial charge in [-0.1, -0.05) is 30.3 Å². The summed E-state index contributed by atoms with van der Waals surface area (Å²) >= 11 is 0. The van der Waals surface area contributed by atoms with E-state index in [2.05, 4.69) is 0 Å². The average molecular weight is 423 g/mol. The minimum absolute atomic E-state index is 0.0285. The summed E-state index contributed by atoms with van der Waals surface area (Å²) in [6, 6.07) is 13.2. The Balaban J connectivity index is 1.86. The van der Waals surface area contributed by atoms with Gasteiger partial charge in [-0.2, -0.15) is 0 Å². The van der Waals surface area contributed by atoms with Crippen molar-refractivity contribution >= 4 is 17.4 Å². The Morgan fingerprint density at radius 3 is 2.65 bits per heavy atom. The number of carbonyl (C=O) groups excluding carboxylic acids is 2. The van der Waals surface area contributed by atoms with Crippen molar-refractivity contribution in [1.82, 2.24) is 4.90 Å². The van der Waals surface area contributed by atoms with Gasteiger partial charge in [0.05, 0.1) is 31.9 Å². The number of aliphatic hydroxyl groups excluding tert-OH is 1. The van der Waals surface area contributed by atoms with Crippen LogP contribution in [0.2, 0.25) is 0 Å². The van der Waals surface area contributed by atoms with Gasteiger partial charge in [0.25, 0.3) is 11.7 Å². The Hall–Kier alpha value is -3.32. The lowest BCUT2D eigenvalue weighted by Gasteiger charge is -2.28. The molecule has 2 aliphatic rings. The molecule has 2 aromatic rings. The Morgan fingerprint density at radius 2 is 1.94 bits per heavy atom. The molecule has 0 bridgehead atoms. The van der Waals surface area contributed by atoms with E-state index in [1.54, 1.807) is 36.4 Å². The van der Waals surface area contributed by atoms with Gasteiger partial charge in [-0.15, -0.1) is 0 Å². The molecule has 2 saturated heterocycles. The van der Waals surface area contributed by atoms with Crippen LogP contribution in [0.25, 0.3) is 5.76 Å². The van der Waals surface area contributed by atoms with E-state index in [1.165, 1.54) is 19.1 Å². The fourth-order valence-electron chi connectivity index (χ4n) is 4.22. The van der Waals surface area contributed by atoms with Gasteiger partial charge in [-0.25, -0.2) is 0 Å². The molecule has 162 valence electrons. The first-order valence-corrected chi connectivity index (χ1v) is 10.2. The molecule has 4 rings (SSSR count). The van der Waals surface area contributed by atoms with E-state index in [1.807, 2.05) is 12.1 Å². The summed E-state index contributed by atoms with van der Waals surface area (Å²) < 4.78 is 16.5.